The smallest absolute Gasteiger partial charge is 0.333 e. The molecule has 0 saturated heterocycles. The molecule has 9 nitrogen and oxygen atoms in total. The van der Waals surface area contributed by atoms with E-state index in [4.69, 9.17) is 21.8 Å². The molecule has 1 aromatic carbocycles. The van der Waals surface area contributed by atoms with Crippen LogP contribution in [0.2, 0.25) is 5.02 Å². The molecule has 0 aromatic heterocycles. The number of nitrogens with one attached hydrogen (secondary N) is 1. The highest BCUT2D eigenvalue weighted by Gasteiger charge is 2.23. The number of nitro groups is 1. The number of carboxylic acids is 1. The van der Waals surface area contributed by atoms with E-state index >= 15 is 0 Å². The summed E-state index contributed by atoms with van der Waals surface area (Å²) >= 11 is 5.64. The van der Waals surface area contributed by atoms with Crippen LogP contribution in [0.4, 0.5) is 5.69 Å². The van der Waals surface area contributed by atoms with E-state index in [1.54, 1.807) is 4.72 Å². The quantitative estimate of drug-likeness (QED) is 0.491. The number of aliphatic hydroxyl groups is 1. The summed E-state index contributed by atoms with van der Waals surface area (Å²) in [6.45, 7) is -0.795. The molecular formula is C9H9ClN2O7S. The van der Waals surface area contributed by atoms with Gasteiger partial charge in [0, 0.05) is 18.7 Å². The molecule has 11 heteroatoms. The fourth-order valence-corrected chi connectivity index (χ4v) is 2.72. The van der Waals surface area contributed by atoms with Crippen LogP contribution in [0.1, 0.15) is 0 Å². The summed E-state index contributed by atoms with van der Waals surface area (Å²) < 4.78 is 25.5. The molecule has 1 atom stereocenters. The number of carboxylic acid groups (broad SMARTS) is 1. The second-order valence-corrected chi connectivity index (χ2v) is 5.72. The predicted octanol–water partition coefficient (Wildman–Crippen LogP) is -0.0280. The summed E-state index contributed by atoms with van der Waals surface area (Å²) in [6.07, 6.45) is -1.94. The first kappa shape index (κ1) is 16.3. The van der Waals surface area contributed by atoms with E-state index in [-0.39, 0.29) is 5.02 Å². The first-order valence-electron chi connectivity index (χ1n) is 4.99. The zero-order chi connectivity index (χ0) is 15.5. The van der Waals surface area contributed by atoms with Crippen LogP contribution in [-0.2, 0) is 14.8 Å². The van der Waals surface area contributed by atoms with Gasteiger partial charge in [0.15, 0.2) is 6.10 Å². The minimum Gasteiger partial charge on any atom is -0.479 e. The summed E-state index contributed by atoms with van der Waals surface area (Å²) in [7, 11) is -4.29. The van der Waals surface area contributed by atoms with Gasteiger partial charge in [-0.05, 0) is 6.07 Å². The molecule has 0 fully saturated rings. The monoisotopic (exact) mass is 324 g/mol. The molecule has 0 bridgehead atoms. The molecule has 0 saturated carbocycles. The van der Waals surface area contributed by atoms with Crippen molar-refractivity contribution < 1.29 is 28.3 Å². The molecule has 0 aliphatic carbocycles. The van der Waals surface area contributed by atoms with Crippen LogP contribution in [0.25, 0.3) is 0 Å². The van der Waals surface area contributed by atoms with Gasteiger partial charge in [0.1, 0.15) is 4.90 Å². The normalized spacial score (nSPS) is 12.9. The van der Waals surface area contributed by atoms with Crippen LogP contribution in [-0.4, -0.2) is 42.2 Å². The van der Waals surface area contributed by atoms with Crippen LogP contribution in [0.15, 0.2) is 23.1 Å². The third-order valence-electron chi connectivity index (χ3n) is 2.17. The van der Waals surface area contributed by atoms with Gasteiger partial charge in [-0.1, -0.05) is 11.6 Å². The Labute approximate surface area is 118 Å². The van der Waals surface area contributed by atoms with Gasteiger partial charge in [-0.3, -0.25) is 10.1 Å². The van der Waals surface area contributed by atoms with Crippen molar-refractivity contribution in [3.05, 3.63) is 33.3 Å². The molecule has 3 N–H and O–H groups in total. The molecule has 20 heavy (non-hydrogen) atoms. The number of aliphatic carboxylic acids is 1. The Kier molecular flexibility index (Phi) is 5.00. The fourth-order valence-electron chi connectivity index (χ4n) is 1.17. The Bertz CT molecular complexity index is 646. The largest absolute Gasteiger partial charge is 0.479 e. The van der Waals surface area contributed by atoms with Crippen molar-refractivity contribution in [2.45, 2.75) is 11.0 Å². The zero-order valence-corrected chi connectivity index (χ0v) is 11.3. The minimum atomic E-state index is -4.29. The van der Waals surface area contributed by atoms with Crippen molar-refractivity contribution in [3.8, 4) is 0 Å². The summed E-state index contributed by atoms with van der Waals surface area (Å²) in [5.41, 5.74) is -0.492. The van der Waals surface area contributed by atoms with Crippen LogP contribution in [0.3, 0.4) is 0 Å². The molecule has 0 aliphatic heterocycles. The van der Waals surface area contributed by atoms with Gasteiger partial charge in [-0.25, -0.2) is 17.9 Å². The van der Waals surface area contributed by atoms with E-state index in [9.17, 15) is 23.3 Å². The number of nitro benzene ring substituents is 1. The first-order valence-corrected chi connectivity index (χ1v) is 6.85. The Balaban J connectivity index is 3.06. The van der Waals surface area contributed by atoms with E-state index in [0.717, 1.165) is 18.2 Å². The highest BCUT2D eigenvalue weighted by Crippen LogP contribution is 2.25. The number of non-ortho nitro benzene ring substituents is 1. The standard InChI is InChI=1S/C9H9ClN2O7S/c10-6-2-1-5(12(16)17)3-8(6)20(18,19)11-4-7(13)9(14)15/h1-3,7,11,13H,4H2,(H,14,15). The van der Waals surface area contributed by atoms with E-state index in [2.05, 4.69) is 0 Å². The van der Waals surface area contributed by atoms with E-state index < -0.39 is 44.1 Å². The fraction of sp³-hybridized carbons (Fsp3) is 0.222. The molecule has 1 rings (SSSR count). The molecule has 110 valence electrons. The molecular weight excluding hydrogens is 316 g/mol. The molecule has 1 aromatic rings. The molecule has 0 amide bonds. The number of hydrogen-bond donors (Lipinski definition) is 3. The highest BCUT2D eigenvalue weighted by atomic mass is 35.5. The van der Waals surface area contributed by atoms with E-state index in [0.29, 0.717) is 0 Å². The second kappa shape index (κ2) is 6.13. The topological polar surface area (TPSA) is 147 Å². The van der Waals surface area contributed by atoms with Crippen LogP contribution >= 0.6 is 11.6 Å². The molecule has 0 spiro atoms. The molecule has 0 heterocycles. The van der Waals surface area contributed by atoms with E-state index in [1.807, 2.05) is 0 Å². The Morgan fingerprint density at radius 2 is 2.10 bits per heavy atom. The Morgan fingerprint density at radius 3 is 2.60 bits per heavy atom. The maximum Gasteiger partial charge on any atom is 0.333 e. The van der Waals surface area contributed by atoms with Gasteiger partial charge in [-0.2, -0.15) is 0 Å². The Morgan fingerprint density at radius 1 is 1.50 bits per heavy atom. The number of hydrogen-bond acceptors (Lipinski definition) is 6. The predicted molar refractivity (Wildman–Crippen MR) is 66.9 cm³/mol. The highest BCUT2D eigenvalue weighted by molar-refractivity contribution is 7.89. The first-order chi connectivity index (χ1) is 9.15. The number of rotatable bonds is 6. The van der Waals surface area contributed by atoms with Gasteiger partial charge in [0.05, 0.1) is 9.95 Å². The lowest BCUT2D eigenvalue weighted by molar-refractivity contribution is -0.385. The van der Waals surface area contributed by atoms with Crippen molar-refractivity contribution in [2.24, 2.45) is 0 Å². The van der Waals surface area contributed by atoms with E-state index in [1.165, 1.54) is 0 Å². The molecule has 1 unspecified atom stereocenters. The number of nitrogens with zero attached hydrogens (tertiary/aromatic N) is 1. The number of carbonyl (C=O) groups is 1. The summed E-state index contributed by atoms with van der Waals surface area (Å²) in [4.78, 5) is 19.6. The van der Waals surface area contributed by atoms with Gasteiger partial charge in [0.2, 0.25) is 10.0 Å². The maximum atomic E-state index is 11.8. The number of halogens is 1. The third-order valence-corrected chi connectivity index (χ3v) is 4.07. The third kappa shape index (κ3) is 3.87. The van der Waals surface area contributed by atoms with Crippen molar-refractivity contribution in [1.29, 1.82) is 0 Å². The van der Waals surface area contributed by atoms with Crippen LogP contribution < -0.4 is 4.72 Å². The second-order valence-electron chi connectivity index (χ2n) is 3.58. The summed E-state index contributed by atoms with van der Waals surface area (Å²) in [5, 5.41) is 27.7. The lowest BCUT2D eigenvalue weighted by Crippen LogP contribution is -2.36. The maximum absolute atomic E-state index is 11.8. The molecule has 0 aliphatic rings. The summed E-state index contributed by atoms with van der Waals surface area (Å²) in [6, 6.07) is 2.78. The Hall–Kier alpha value is -1.75. The number of benzene rings is 1. The number of aliphatic hydroxyl groups excluding tert-OH is 1. The van der Waals surface area contributed by atoms with Crippen molar-refractivity contribution in [3.63, 3.8) is 0 Å². The summed E-state index contributed by atoms with van der Waals surface area (Å²) in [5.74, 6) is -1.61. The van der Waals surface area contributed by atoms with Gasteiger partial charge >= 0.3 is 5.97 Å². The minimum absolute atomic E-state index is 0.270. The number of sulfonamides is 1. The van der Waals surface area contributed by atoms with Gasteiger partial charge in [0.25, 0.3) is 5.69 Å². The van der Waals surface area contributed by atoms with Crippen molar-refractivity contribution >= 4 is 33.3 Å². The van der Waals surface area contributed by atoms with Crippen molar-refractivity contribution in [1.82, 2.24) is 4.72 Å². The lowest BCUT2D eigenvalue weighted by atomic mass is 10.3. The zero-order valence-electron chi connectivity index (χ0n) is 9.69. The van der Waals surface area contributed by atoms with Crippen LogP contribution in [0, 0.1) is 10.1 Å². The molecule has 0 radical (unpaired) electrons. The average Bonchev–Trinajstić information content (AvgIpc) is 2.35. The lowest BCUT2D eigenvalue weighted by Gasteiger charge is -2.09. The average molecular weight is 325 g/mol. The van der Waals surface area contributed by atoms with Gasteiger partial charge < -0.3 is 10.2 Å². The van der Waals surface area contributed by atoms with Crippen LogP contribution in [0.5, 0.6) is 0 Å². The SMILES string of the molecule is O=C(O)C(O)CNS(=O)(=O)c1cc([N+](=O)[O-])ccc1Cl. The van der Waals surface area contributed by atoms with Crippen molar-refractivity contribution in [2.75, 3.05) is 6.54 Å². The van der Waals surface area contributed by atoms with Gasteiger partial charge in [-0.15, -0.1) is 0 Å².